The number of benzene rings is 1. The fraction of sp³-hybridized carbons (Fsp3) is 0.100. The second-order valence-corrected chi connectivity index (χ2v) is 3.76. The molecule has 0 aliphatic carbocycles. The van der Waals surface area contributed by atoms with Gasteiger partial charge in [0.05, 0.1) is 5.69 Å². The zero-order chi connectivity index (χ0) is 10.9. The monoisotopic (exact) mass is 229 g/mol. The van der Waals surface area contributed by atoms with Crippen LogP contribution in [0.3, 0.4) is 0 Å². The minimum absolute atomic E-state index is 0.368. The summed E-state index contributed by atoms with van der Waals surface area (Å²) in [6.07, 6.45) is -4.35. The lowest BCUT2D eigenvalue weighted by Gasteiger charge is -1.99. The van der Waals surface area contributed by atoms with E-state index in [1.165, 1.54) is 5.38 Å². The number of hydrogen-bond acceptors (Lipinski definition) is 2. The van der Waals surface area contributed by atoms with Crippen molar-refractivity contribution in [2.24, 2.45) is 0 Å². The summed E-state index contributed by atoms with van der Waals surface area (Å²) in [5.41, 5.74) is 1.07. The van der Waals surface area contributed by atoms with Gasteiger partial charge in [-0.05, 0) is 0 Å². The molecule has 15 heavy (non-hydrogen) atoms. The van der Waals surface area contributed by atoms with E-state index in [0.717, 1.165) is 0 Å². The standard InChI is InChI=1S/C10H6F3NS/c11-10(12,13)9-14-8(6-15-9)7-4-2-1-3-5-7/h1-6H. The molecule has 2 aromatic rings. The lowest BCUT2D eigenvalue weighted by molar-refractivity contribution is -0.137. The quantitative estimate of drug-likeness (QED) is 0.724. The van der Waals surface area contributed by atoms with Gasteiger partial charge in [-0.25, -0.2) is 4.98 Å². The average molecular weight is 229 g/mol. The van der Waals surface area contributed by atoms with E-state index in [1.54, 1.807) is 30.3 Å². The first-order valence-electron chi connectivity index (χ1n) is 4.15. The van der Waals surface area contributed by atoms with Gasteiger partial charge in [-0.1, -0.05) is 30.3 Å². The second-order valence-electron chi connectivity index (χ2n) is 2.90. The van der Waals surface area contributed by atoms with E-state index in [4.69, 9.17) is 0 Å². The molecule has 1 aromatic heterocycles. The van der Waals surface area contributed by atoms with Crippen molar-refractivity contribution in [3.8, 4) is 11.3 Å². The lowest BCUT2D eigenvalue weighted by Crippen LogP contribution is -2.03. The molecule has 5 heteroatoms. The van der Waals surface area contributed by atoms with Crippen molar-refractivity contribution in [3.05, 3.63) is 40.7 Å². The summed E-state index contributed by atoms with van der Waals surface area (Å²) in [5, 5.41) is 0.611. The highest BCUT2D eigenvalue weighted by atomic mass is 32.1. The minimum Gasteiger partial charge on any atom is -0.232 e. The molecule has 0 saturated carbocycles. The van der Waals surface area contributed by atoms with Crippen molar-refractivity contribution in [3.63, 3.8) is 0 Å². The van der Waals surface area contributed by atoms with Gasteiger partial charge in [0, 0.05) is 10.9 Å². The summed E-state index contributed by atoms with van der Waals surface area (Å²) < 4.78 is 36.8. The Bertz CT molecular complexity index is 447. The number of hydrogen-bond donors (Lipinski definition) is 0. The van der Waals surface area contributed by atoms with Crippen molar-refractivity contribution in [1.29, 1.82) is 0 Å². The number of rotatable bonds is 1. The zero-order valence-corrected chi connectivity index (χ0v) is 8.27. The average Bonchev–Trinajstić information content (AvgIpc) is 2.67. The van der Waals surface area contributed by atoms with E-state index in [-0.39, 0.29) is 0 Å². The van der Waals surface area contributed by atoms with Gasteiger partial charge in [0.1, 0.15) is 0 Å². The van der Waals surface area contributed by atoms with Gasteiger partial charge in [-0.3, -0.25) is 0 Å². The molecule has 0 fully saturated rings. The van der Waals surface area contributed by atoms with Crippen LogP contribution in [0.2, 0.25) is 0 Å². The molecular formula is C10H6F3NS. The number of nitrogens with zero attached hydrogens (tertiary/aromatic N) is 1. The smallest absolute Gasteiger partial charge is 0.232 e. The van der Waals surface area contributed by atoms with Crippen LogP contribution in [0, 0.1) is 0 Å². The van der Waals surface area contributed by atoms with Gasteiger partial charge in [0.2, 0.25) is 0 Å². The van der Waals surface area contributed by atoms with Crippen molar-refractivity contribution in [2.45, 2.75) is 6.18 Å². The molecule has 0 saturated heterocycles. The van der Waals surface area contributed by atoms with E-state index >= 15 is 0 Å². The molecule has 0 radical (unpaired) electrons. The van der Waals surface area contributed by atoms with Crippen LogP contribution in [0.25, 0.3) is 11.3 Å². The first-order chi connectivity index (χ1) is 7.07. The van der Waals surface area contributed by atoms with E-state index in [0.29, 0.717) is 22.6 Å². The fourth-order valence-electron chi connectivity index (χ4n) is 1.15. The number of alkyl halides is 3. The van der Waals surface area contributed by atoms with Crippen molar-refractivity contribution < 1.29 is 13.2 Å². The second kappa shape index (κ2) is 3.66. The van der Waals surface area contributed by atoms with Crippen LogP contribution in [0.4, 0.5) is 13.2 Å². The maximum absolute atomic E-state index is 12.3. The molecule has 0 unspecified atom stereocenters. The molecule has 0 N–H and O–H groups in total. The van der Waals surface area contributed by atoms with E-state index < -0.39 is 11.2 Å². The molecule has 2 rings (SSSR count). The Morgan fingerprint density at radius 2 is 1.73 bits per heavy atom. The molecule has 1 aromatic carbocycles. The third-order valence-corrected chi connectivity index (χ3v) is 2.70. The van der Waals surface area contributed by atoms with Crippen LogP contribution < -0.4 is 0 Å². The zero-order valence-electron chi connectivity index (χ0n) is 7.45. The van der Waals surface area contributed by atoms with Gasteiger partial charge in [-0.15, -0.1) is 11.3 Å². The lowest BCUT2D eigenvalue weighted by atomic mass is 10.2. The normalized spacial score (nSPS) is 11.7. The van der Waals surface area contributed by atoms with Crippen molar-refractivity contribution in [1.82, 2.24) is 4.98 Å². The van der Waals surface area contributed by atoms with E-state index in [9.17, 15) is 13.2 Å². The fourth-order valence-corrected chi connectivity index (χ4v) is 1.84. The maximum atomic E-state index is 12.3. The molecule has 1 nitrogen and oxygen atoms in total. The number of halogens is 3. The Kier molecular flexibility index (Phi) is 2.48. The molecule has 0 bridgehead atoms. The summed E-state index contributed by atoms with van der Waals surface area (Å²) >= 11 is 0.615. The van der Waals surface area contributed by atoms with Gasteiger partial charge in [0.15, 0.2) is 5.01 Å². The molecule has 0 atom stereocenters. The van der Waals surface area contributed by atoms with Gasteiger partial charge < -0.3 is 0 Å². The number of thiazole rings is 1. The molecule has 0 amide bonds. The van der Waals surface area contributed by atoms with Crippen LogP contribution in [0.5, 0.6) is 0 Å². The molecular weight excluding hydrogens is 223 g/mol. The van der Waals surface area contributed by atoms with Crippen LogP contribution in [-0.4, -0.2) is 4.98 Å². The first kappa shape index (κ1) is 10.2. The maximum Gasteiger partial charge on any atom is 0.443 e. The van der Waals surface area contributed by atoms with E-state index in [2.05, 4.69) is 4.98 Å². The van der Waals surface area contributed by atoms with Crippen LogP contribution in [0.1, 0.15) is 5.01 Å². The molecule has 1 heterocycles. The van der Waals surface area contributed by atoms with Gasteiger partial charge >= 0.3 is 6.18 Å². The van der Waals surface area contributed by atoms with Crippen molar-refractivity contribution >= 4 is 11.3 Å². The third kappa shape index (κ3) is 2.18. The predicted molar refractivity (Wildman–Crippen MR) is 52.6 cm³/mol. The molecule has 78 valence electrons. The van der Waals surface area contributed by atoms with E-state index in [1.807, 2.05) is 0 Å². The van der Waals surface area contributed by atoms with Crippen LogP contribution in [-0.2, 0) is 6.18 Å². The summed E-state index contributed by atoms with van der Waals surface area (Å²) in [5.74, 6) is 0. The molecule has 0 spiro atoms. The summed E-state index contributed by atoms with van der Waals surface area (Å²) in [4.78, 5) is 3.55. The Labute approximate surface area is 88.2 Å². The van der Waals surface area contributed by atoms with Gasteiger partial charge in [-0.2, -0.15) is 13.2 Å². The van der Waals surface area contributed by atoms with Crippen LogP contribution >= 0.6 is 11.3 Å². The largest absolute Gasteiger partial charge is 0.443 e. The summed E-state index contributed by atoms with van der Waals surface area (Å²) in [6.45, 7) is 0. The Balaban J connectivity index is 2.37. The Morgan fingerprint density at radius 1 is 1.07 bits per heavy atom. The van der Waals surface area contributed by atoms with Crippen molar-refractivity contribution in [2.75, 3.05) is 0 Å². The highest BCUT2D eigenvalue weighted by Gasteiger charge is 2.34. The minimum atomic E-state index is -4.35. The van der Waals surface area contributed by atoms with Crippen LogP contribution in [0.15, 0.2) is 35.7 Å². The third-order valence-electron chi connectivity index (χ3n) is 1.82. The predicted octanol–water partition coefficient (Wildman–Crippen LogP) is 3.83. The molecule has 0 aliphatic heterocycles. The summed E-state index contributed by atoms with van der Waals surface area (Å²) in [7, 11) is 0. The summed E-state index contributed by atoms with van der Waals surface area (Å²) in [6, 6.07) is 8.80. The highest BCUT2D eigenvalue weighted by Crippen LogP contribution is 2.33. The Hall–Kier alpha value is -1.36. The first-order valence-corrected chi connectivity index (χ1v) is 5.03. The molecule has 0 aliphatic rings. The van der Waals surface area contributed by atoms with Gasteiger partial charge in [0.25, 0.3) is 0 Å². The number of aromatic nitrogens is 1. The topological polar surface area (TPSA) is 12.9 Å². The SMILES string of the molecule is FC(F)(F)c1nc(-c2ccccc2)cs1. The Morgan fingerprint density at radius 3 is 2.27 bits per heavy atom. The highest BCUT2D eigenvalue weighted by molar-refractivity contribution is 7.10.